The number of hydrogen-bond donors (Lipinski definition) is 2. The summed E-state index contributed by atoms with van der Waals surface area (Å²) in [6, 6.07) is 8.31. The number of anilines is 1. The van der Waals surface area contributed by atoms with Crippen LogP contribution in [0, 0.1) is 6.92 Å². The van der Waals surface area contributed by atoms with E-state index in [1.165, 1.54) is 30.3 Å². The fourth-order valence-electron chi connectivity index (χ4n) is 2.32. The highest BCUT2D eigenvalue weighted by molar-refractivity contribution is 7.92. The summed E-state index contributed by atoms with van der Waals surface area (Å²) in [5.41, 5.74) is 0.363. The van der Waals surface area contributed by atoms with Crippen LogP contribution in [0.1, 0.15) is 18.4 Å². The van der Waals surface area contributed by atoms with Crippen molar-refractivity contribution in [2.75, 3.05) is 4.72 Å². The number of nitrogens with one attached hydrogen (secondary N) is 2. The number of benzene rings is 2. The largest absolute Gasteiger partial charge is 0.278 e. The lowest BCUT2D eigenvalue weighted by Gasteiger charge is -2.14. The third kappa shape index (κ3) is 4.15. The van der Waals surface area contributed by atoms with Gasteiger partial charge in [-0.25, -0.2) is 21.6 Å². The standard InChI is InChI=1S/C16H16Cl2N2O4S2/c1-10-13(17)3-2-4-16(10)26(23,24)20-15-9-12(7-8-14(15)18)25(21,22)19-11-5-6-11/h2-4,7-9,11,19-20H,5-6H2,1H3. The number of halogens is 2. The van der Waals surface area contributed by atoms with E-state index in [4.69, 9.17) is 23.2 Å². The van der Waals surface area contributed by atoms with E-state index >= 15 is 0 Å². The van der Waals surface area contributed by atoms with Crippen molar-refractivity contribution in [2.45, 2.75) is 35.6 Å². The maximum absolute atomic E-state index is 12.7. The van der Waals surface area contributed by atoms with Crippen LogP contribution in [0.3, 0.4) is 0 Å². The minimum absolute atomic E-state index is 0.00886. The molecular weight excluding hydrogens is 419 g/mol. The van der Waals surface area contributed by atoms with Gasteiger partial charge in [-0.2, -0.15) is 0 Å². The Morgan fingerprint density at radius 2 is 1.65 bits per heavy atom. The summed E-state index contributed by atoms with van der Waals surface area (Å²) in [5.74, 6) is 0. The van der Waals surface area contributed by atoms with Gasteiger partial charge in [0.05, 0.1) is 20.5 Å². The van der Waals surface area contributed by atoms with Crippen molar-refractivity contribution in [2.24, 2.45) is 0 Å². The summed E-state index contributed by atoms with van der Waals surface area (Å²) >= 11 is 12.0. The summed E-state index contributed by atoms with van der Waals surface area (Å²) in [6.07, 6.45) is 1.58. The molecule has 0 amide bonds. The van der Waals surface area contributed by atoms with Crippen molar-refractivity contribution in [3.8, 4) is 0 Å². The van der Waals surface area contributed by atoms with Gasteiger partial charge in [-0.3, -0.25) is 4.72 Å². The van der Waals surface area contributed by atoms with Gasteiger partial charge >= 0.3 is 0 Å². The molecule has 0 saturated heterocycles. The van der Waals surface area contributed by atoms with Gasteiger partial charge in [-0.15, -0.1) is 0 Å². The highest BCUT2D eigenvalue weighted by Gasteiger charge is 2.28. The van der Waals surface area contributed by atoms with Crippen molar-refractivity contribution in [1.29, 1.82) is 0 Å². The molecule has 3 rings (SSSR count). The maximum Gasteiger partial charge on any atom is 0.262 e. The monoisotopic (exact) mass is 434 g/mol. The predicted octanol–water partition coefficient (Wildman–Crippen LogP) is 3.54. The number of rotatable bonds is 6. The molecule has 2 aromatic rings. The van der Waals surface area contributed by atoms with Gasteiger partial charge in [-0.05, 0) is 55.7 Å². The van der Waals surface area contributed by atoms with Crippen molar-refractivity contribution in [1.82, 2.24) is 4.72 Å². The Morgan fingerprint density at radius 3 is 2.31 bits per heavy atom. The van der Waals surface area contributed by atoms with Gasteiger partial charge in [0.1, 0.15) is 0 Å². The molecule has 0 atom stereocenters. The lowest BCUT2D eigenvalue weighted by molar-refractivity contribution is 0.581. The molecule has 1 saturated carbocycles. The third-order valence-corrected chi connectivity index (χ3v) is 7.67. The Hall–Kier alpha value is -1.32. The molecule has 0 heterocycles. The van der Waals surface area contributed by atoms with Crippen LogP contribution in [0.2, 0.25) is 10.0 Å². The summed E-state index contributed by atoms with van der Waals surface area (Å²) < 4.78 is 54.9. The molecule has 2 N–H and O–H groups in total. The van der Waals surface area contributed by atoms with Gasteiger partial charge in [0.2, 0.25) is 10.0 Å². The van der Waals surface area contributed by atoms with E-state index < -0.39 is 20.0 Å². The Morgan fingerprint density at radius 1 is 0.962 bits per heavy atom. The molecule has 0 unspecified atom stereocenters. The molecule has 140 valence electrons. The Kier molecular flexibility index (Phi) is 5.24. The smallest absolute Gasteiger partial charge is 0.262 e. The van der Waals surface area contributed by atoms with Crippen LogP contribution in [-0.2, 0) is 20.0 Å². The van der Waals surface area contributed by atoms with E-state index in [9.17, 15) is 16.8 Å². The Balaban J connectivity index is 1.96. The summed E-state index contributed by atoms with van der Waals surface area (Å²) in [4.78, 5) is -0.0697. The quantitative estimate of drug-likeness (QED) is 0.726. The fourth-order valence-corrected chi connectivity index (χ4v) is 5.44. The van der Waals surface area contributed by atoms with Crippen LogP contribution in [0.15, 0.2) is 46.2 Å². The first kappa shape index (κ1) is 19.4. The van der Waals surface area contributed by atoms with E-state index in [0.29, 0.717) is 10.6 Å². The summed E-state index contributed by atoms with van der Waals surface area (Å²) in [6.45, 7) is 1.58. The molecule has 0 aliphatic heterocycles. The normalized spacial score (nSPS) is 15.0. The molecule has 0 radical (unpaired) electrons. The van der Waals surface area contributed by atoms with Gasteiger partial charge in [0.25, 0.3) is 10.0 Å². The molecule has 6 nitrogen and oxygen atoms in total. The molecular formula is C16H16Cl2N2O4S2. The van der Waals surface area contributed by atoms with Crippen LogP contribution < -0.4 is 9.44 Å². The lowest BCUT2D eigenvalue weighted by Crippen LogP contribution is -2.26. The summed E-state index contributed by atoms with van der Waals surface area (Å²) in [7, 11) is -7.73. The van der Waals surface area contributed by atoms with E-state index in [2.05, 4.69) is 9.44 Å². The molecule has 26 heavy (non-hydrogen) atoms. The van der Waals surface area contributed by atoms with Crippen molar-refractivity contribution in [3.05, 3.63) is 52.0 Å². The number of hydrogen-bond acceptors (Lipinski definition) is 4. The van der Waals surface area contributed by atoms with Crippen LogP contribution in [-0.4, -0.2) is 22.9 Å². The number of sulfonamides is 2. The third-order valence-electron chi connectivity index (χ3n) is 3.90. The topological polar surface area (TPSA) is 92.3 Å². The van der Waals surface area contributed by atoms with Crippen LogP contribution in [0.25, 0.3) is 0 Å². The molecule has 0 aromatic heterocycles. The van der Waals surface area contributed by atoms with Gasteiger partial charge < -0.3 is 0 Å². The van der Waals surface area contributed by atoms with Crippen LogP contribution in [0.5, 0.6) is 0 Å². The van der Waals surface area contributed by atoms with Gasteiger partial charge in [0.15, 0.2) is 0 Å². The molecule has 2 aromatic carbocycles. The van der Waals surface area contributed by atoms with E-state index in [-0.39, 0.29) is 26.5 Å². The maximum atomic E-state index is 12.7. The first-order chi connectivity index (χ1) is 12.1. The van der Waals surface area contributed by atoms with Crippen LogP contribution >= 0.6 is 23.2 Å². The van der Waals surface area contributed by atoms with E-state index in [1.54, 1.807) is 13.0 Å². The Labute approximate surface area is 162 Å². The molecule has 1 fully saturated rings. The van der Waals surface area contributed by atoms with Crippen molar-refractivity contribution < 1.29 is 16.8 Å². The fraction of sp³-hybridized carbons (Fsp3) is 0.250. The molecule has 0 bridgehead atoms. The van der Waals surface area contributed by atoms with Gasteiger partial charge in [0, 0.05) is 11.1 Å². The second kappa shape index (κ2) is 7.01. The van der Waals surface area contributed by atoms with Gasteiger partial charge in [-0.1, -0.05) is 29.3 Å². The van der Waals surface area contributed by atoms with E-state index in [0.717, 1.165) is 12.8 Å². The van der Waals surface area contributed by atoms with E-state index in [1.807, 2.05) is 0 Å². The Bertz CT molecular complexity index is 1070. The zero-order valence-electron chi connectivity index (χ0n) is 13.7. The minimum atomic E-state index is -4.00. The first-order valence-electron chi connectivity index (χ1n) is 7.70. The average Bonchev–Trinajstić information content (AvgIpc) is 3.35. The minimum Gasteiger partial charge on any atom is -0.278 e. The molecule has 0 spiro atoms. The second-order valence-electron chi connectivity index (χ2n) is 6.01. The van der Waals surface area contributed by atoms with Crippen molar-refractivity contribution in [3.63, 3.8) is 0 Å². The summed E-state index contributed by atoms with van der Waals surface area (Å²) in [5, 5.41) is 0.391. The molecule has 1 aliphatic carbocycles. The second-order valence-corrected chi connectivity index (χ2v) is 10.2. The molecule has 1 aliphatic rings. The average molecular weight is 435 g/mol. The lowest BCUT2D eigenvalue weighted by atomic mass is 10.2. The predicted molar refractivity (Wildman–Crippen MR) is 102 cm³/mol. The molecule has 10 heteroatoms. The SMILES string of the molecule is Cc1c(Cl)cccc1S(=O)(=O)Nc1cc(S(=O)(=O)NC2CC2)ccc1Cl. The zero-order chi connectivity index (χ0) is 19.1. The highest BCUT2D eigenvalue weighted by Crippen LogP contribution is 2.30. The van der Waals surface area contributed by atoms with Crippen LogP contribution in [0.4, 0.5) is 5.69 Å². The zero-order valence-corrected chi connectivity index (χ0v) is 16.8. The highest BCUT2D eigenvalue weighted by atomic mass is 35.5. The van der Waals surface area contributed by atoms with Crippen molar-refractivity contribution >= 4 is 48.9 Å². The first-order valence-corrected chi connectivity index (χ1v) is 11.4.